The van der Waals surface area contributed by atoms with Crippen LogP contribution in [0.2, 0.25) is 0 Å². The highest BCUT2D eigenvalue weighted by molar-refractivity contribution is 5.99. The Balaban J connectivity index is 2.09. The molecule has 0 saturated carbocycles. The molecule has 26 heavy (non-hydrogen) atoms. The average Bonchev–Trinajstić information content (AvgIpc) is 2.54. The van der Waals surface area contributed by atoms with Crippen molar-refractivity contribution in [3.05, 3.63) is 39.9 Å². The molecule has 0 spiro atoms. The number of hydrogen-bond acceptors (Lipinski definition) is 4. The third-order valence-electron chi connectivity index (χ3n) is 4.18. The quantitative estimate of drug-likeness (QED) is 0.630. The van der Waals surface area contributed by atoms with Crippen molar-refractivity contribution < 1.29 is 9.59 Å². The fourth-order valence-corrected chi connectivity index (χ4v) is 2.94. The van der Waals surface area contributed by atoms with Gasteiger partial charge in [-0.15, -0.1) is 0 Å². The zero-order valence-corrected chi connectivity index (χ0v) is 15.3. The molecular formula is C20H21N3O3. The lowest BCUT2D eigenvalue weighted by atomic mass is 9.97. The highest BCUT2D eigenvalue weighted by Gasteiger charge is 2.30. The van der Waals surface area contributed by atoms with Crippen LogP contribution in [0.15, 0.2) is 23.0 Å². The first-order valence-electron chi connectivity index (χ1n) is 8.55. The number of piperidine rings is 1. The molecule has 1 aliphatic rings. The number of rotatable bonds is 1. The maximum absolute atomic E-state index is 12.9. The molecule has 2 aromatic rings. The molecular weight excluding hydrogens is 330 g/mol. The molecule has 1 aromatic carbocycles. The van der Waals surface area contributed by atoms with Gasteiger partial charge in [0, 0.05) is 17.4 Å². The lowest BCUT2D eigenvalue weighted by Gasteiger charge is -2.24. The maximum Gasteiger partial charge on any atom is 0.262 e. The van der Waals surface area contributed by atoms with Crippen LogP contribution in [-0.2, 0) is 9.59 Å². The molecule has 6 heteroatoms. The molecule has 2 heterocycles. The zero-order chi connectivity index (χ0) is 19.1. The number of carbonyl (C=O) groups excluding carboxylic acids is 2. The van der Waals surface area contributed by atoms with E-state index in [9.17, 15) is 14.4 Å². The van der Waals surface area contributed by atoms with Crippen molar-refractivity contribution in [3.63, 3.8) is 0 Å². The predicted molar refractivity (Wildman–Crippen MR) is 98.5 cm³/mol. The molecule has 1 saturated heterocycles. The van der Waals surface area contributed by atoms with Crippen molar-refractivity contribution in [1.29, 1.82) is 0 Å². The Kier molecular flexibility index (Phi) is 4.41. The van der Waals surface area contributed by atoms with E-state index in [4.69, 9.17) is 0 Å². The molecule has 0 aliphatic carbocycles. The summed E-state index contributed by atoms with van der Waals surface area (Å²) in [6.07, 6.45) is 0.509. The molecule has 0 bridgehead atoms. The second kappa shape index (κ2) is 6.41. The number of aromatic nitrogens is 2. The van der Waals surface area contributed by atoms with Crippen LogP contribution in [0.25, 0.3) is 10.9 Å². The molecule has 2 amide bonds. The number of nitrogens with one attached hydrogen (secondary N) is 1. The Morgan fingerprint density at radius 3 is 2.62 bits per heavy atom. The Morgan fingerprint density at radius 1 is 1.23 bits per heavy atom. The Hall–Kier alpha value is -2.94. The topological polar surface area (TPSA) is 81.1 Å². The van der Waals surface area contributed by atoms with E-state index in [1.807, 2.05) is 20.8 Å². The minimum absolute atomic E-state index is 0.118. The molecule has 3 rings (SSSR count). The van der Waals surface area contributed by atoms with Gasteiger partial charge in [0.2, 0.25) is 11.8 Å². The monoisotopic (exact) mass is 351 g/mol. The maximum atomic E-state index is 12.9. The van der Waals surface area contributed by atoms with Crippen LogP contribution in [0.5, 0.6) is 0 Å². The van der Waals surface area contributed by atoms with Crippen LogP contribution in [0.3, 0.4) is 0 Å². The Labute approximate surface area is 151 Å². The molecule has 6 nitrogen and oxygen atoms in total. The number of aryl methyl sites for hydroxylation is 1. The summed E-state index contributed by atoms with van der Waals surface area (Å²) < 4.78 is 1.38. The number of hydrogen-bond donors (Lipinski definition) is 1. The van der Waals surface area contributed by atoms with Gasteiger partial charge in [-0.25, -0.2) is 4.98 Å². The van der Waals surface area contributed by atoms with Gasteiger partial charge in [0.15, 0.2) is 0 Å². The summed E-state index contributed by atoms with van der Waals surface area (Å²) in [6, 6.07) is 4.56. The van der Waals surface area contributed by atoms with Crippen LogP contribution < -0.4 is 10.9 Å². The number of imide groups is 1. The van der Waals surface area contributed by atoms with Crippen molar-refractivity contribution >= 4 is 22.7 Å². The van der Waals surface area contributed by atoms with Crippen LogP contribution in [0.4, 0.5) is 0 Å². The number of benzene rings is 1. The van der Waals surface area contributed by atoms with E-state index in [0.29, 0.717) is 23.1 Å². The lowest BCUT2D eigenvalue weighted by Crippen LogP contribution is -2.45. The standard InChI is InChI=1S/C20H21N3O3/c1-12-21-15-11-13(9-10-20(2,3)4)5-6-14(15)19(26)23(12)16-7-8-17(24)22-18(16)25/h5-6,11,16H,7-8H2,1-4H3,(H,22,24,25). The highest BCUT2D eigenvalue weighted by Crippen LogP contribution is 2.20. The molecule has 1 fully saturated rings. The third kappa shape index (κ3) is 3.52. The Bertz CT molecular complexity index is 1030. The largest absolute Gasteiger partial charge is 0.295 e. The average molecular weight is 351 g/mol. The Morgan fingerprint density at radius 2 is 1.96 bits per heavy atom. The van der Waals surface area contributed by atoms with Gasteiger partial charge in [0.1, 0.15) is 11.9 Å². The molecule has 134 valence electrons. The first kappa shape index (κ1) is 17.9. The minimum Gasteiger partial charge on any atom is -0.295 e. The number of carbonyl (C=O) groups is 2. The number of fused-ring (bicyclic) bond motifs is 1. The van der Waals surface area contributed by atoms with Gasteiger partial charge in [-0.3, -0.25) is 24.3 Å². The summed E-state index contributed by atoms with van der Waals surface area (Å²) in [4.78, 5) is 40.9. The first-order valence-corrected chi connectivity index (χ1v) is 8.55. The molecule has 1 N–H and O–H groups in total. The summed E-state index contributed by atoms with van der Waals surface area (Å²) >= 11 is 0. The van der Waals surface area contributed by atoms with Crippen molar-refractivity contribution in [2.24, 2.45) is 5.41 Å². The van der Waals surface area contributed by atoms with Crippen molar-refractivity contribution in [3.8, 4) is 11.8 Å². The van der Waals surface area contributed by atoms with Crippen LogP contribution in [0, 0.1) is 24.2 Å². The van der Waals surface area contributed by atoms with Gasteiger partial charge < -0.3 is 0 Å². The summed E-state index contributed by atoms with van der Waals surface area (Å²) in [5.41, 5.74) is 0.944. The lowest BCUT2D eigenvalue weighted by molar-refractivity contribution is -0.135. The number of nitrogens with zero attached hydrogens (tertiary/aromatic N) is 2. The molecule has 1 aliphatic heterocycles. The SMILES string of the molecule is Cc1nc2cc(C#CC(C)(C)C)ccc2c(=O)n1C1CCC(=O)NC1=O. The second-order valence-electron chi connectivity index (χ2n) is 7.53. The number of amides is 2. The van der Waals surface area contributed by atoms with Crippen LogP contribution in [0.1, 0.15) is 51.0 Å². The second-order valence-corrected chi connectivity index (χ2v) is 7.53. The summed E-state index contributed by atoms with van der Waals surface area (Å²) in [6.45, 7) is 7.78. The van der Waals surface area contributed by atoms with Gasteiger partial charge >= 0.3 is 0 Å². The van der Waals surface area contributed by atoms with Crippen LogP contribution in [-0.4, -0.2) is 21.4 Å². The van der Waals surface area contributed by atoms with E-state index in [2.05, 4.69) is 22.1 Å². The minimum atomic E-state index is -0.711. The summed E-state index contributed by atoms with van der Waals surface area (Å²) in [7, 11) is 0. The van der Waals surface area contributed by atoms with E-state index < -0.39 is 11.9 Å². The molecule has 1 unspecified atom stereocenters. The van der Waals surface area contributed by atoms with Crippen molar-refractivity contribution in [1.82, 2.24) is 14.9 Å². The van der Waals surface area contributed by atoms with Crippen molar-refractivity contribution in [2.45, 2.75) is 46.6 Å². The van der Waals surface area contributed by atoms with Gasteiger partial charge in [-0.05, 0) is 52.3 Å². The van der Waals surface area contributed by atoms with E-state index in [0.717, 1.165) is 5.56 Å². The third-order valence-corrected chi connectivity index (χ3v) is 4.18. The fraction of sp³-hybridized carbons (Fsp3) is 0.400. The van der Waals surface area contributed by atoms with Gasteiger partial charge in [0.25, 0.3) is 5.56 Å². The van der Waals surface area contributed by atoms with Gasteiger partial charge in [0.05, 0.1) is 10.9 Å². The van der Waals surface area contributed by atoms with E-state index >= 15 is 0 Å². The zero-order valence-electron chi connectivity index (χ0n) is 15.3. The summed E-state index contributed by atoms with van der Waals surface area (Å²) in [5.74, 6) is 5.94. The summed E-state index contributed by atoms with van der Waals surface area (Å²) in [5, 5.41) is 2.72. The van der Waals surface area contributed by atoms with Gasteiger partial charge in [-0.1, -0.05) is 11.8 Å². The predicted octanol–water partition coefficient (Wildman–Crippen LogP) is 2.08. The van der Waals surface area contributed by atoms with Crippen LogP contribution >= 0.6 is 0 Å². The molecule has 1 aromatic heterocycles. The van der Waals surface area contributed by atoms with E-state index in [-0.39, 0.29) is 23.3 Å². The molecule has 0 radical (unpaired) electrons. The van der Waals surface area contributed by atoms with Crippen molar-refractivity contribution in [2.75, 3.05) is 0 Å². The smallest absolute Gasteiger partial charge is 0.262 e. The normalized spacial score (nSPS) is 17.6. The van der Waals surface area contributed by atoms with E-state index in [1.54, 1.807) is 25.1 Å². The van der Waals surface area contributed by atoms with Gasteiger partial charge in [-0.2, -0.15) is 0 Å². The van der Waals surface area contributed by atoms with E-state index in [1.165, 1.54) is 4.57 Å². The highest BCUT2D eigenvalue weighted by atomic mass is 16.2. The first-order chi connectivity index (χ1) is 12.2. The fourth-order valence-electron chi connectivity index (χ4n) is 2.94. The molecule has 1 atom stereocenters.